The highest BCUT2D eigenvalue weighted by atomic mass is 79.9. The van der Waals surface area contributed by atoms with Crippen molar-refractivity contribution in [3.8, 4) is 12.3 Å². The summed E-state index contributed by atoms with van der Waals surface area (Å²) in [6, 6.07) is 4.46. The average Bonchev–Trinajstić information content (AvgIpc) is 2.51. The number of hydrogen-bond donors (Lipinski definition) is 1. The summed E-state index contributed by atoms with van der Waals surface area (Å²) in [7, 11) is 0. The molecule has 0 aromatic carbocycles. The van der Waals surface area contributed by atoms with Crippen molar-refractivity contribution >= 4 is 27.3 Å². The first-order valence-electron chi connectivity index (χ1n) is 4.45. The minimum Gasteiger partial charge on any atom is -0.294 e. The lowest BCUT2D eigenvalue weighted by Gasteiger charge is -2.24. The molecule has 0 spiro atoms. The summed E-state index contributed by atoms with van der Waals surface area (Å²) in [4.78, 5) is 1.29. The van der Waals surface area contributed by atoms with E-state index in [1.165, 1.54) is 4.88 Å². The Kier molecular flexibility index (Phi) is 3.77. The van der Waals surface area contributed by atoms with Gasteiger partial charge in [-0.2, -0.15) is 0 Å². The van der Waals surface area contributed by atoms with E-state index in [0.717, 1.165) is 3.79 Å². The van der Waals surface area contributed by atoms with Gasteiger partial charge in [-0.25, -0.2) is 0 Å². The van der Waals surface area contributed by atoms with Gasteiger partial charge in [-0.3, -0.25) is 5.32 Å². The topological polar surface area (TPSA) is 12.0 Å². The molecule has 1 N–H and O–H groups in total. The van der Waals surface area contributed by atoms with Crippen LogP contribution >= 0.6 is 27.3 Å². The molecule has 1 atom stereocenters. The van der Waals surface area contributed by atoms with Crippen LogP contribution in [0.25, 0.3) is 0 Å². The molecule has 1 aromatic heterocycles. The molecule has 0 aliphatic carbocycles. The van der Waals surface area contributed by atoms with Crippen LogP contribution in [-0.2, 0) is 0 Å². The number of thiophene rings is 1. The Morgan fingerprint density at radius 3 is 2.64 bits per heavy atom. The van der Waals surface area contributed by atoms with Gasteiger partial charge >= 0.3 is 0 Å². The zero-order valence-corrected chi connectivity index (χ0v) is 11.0. The van der Waals surface area contributed by atoms with E-state index < -0.39 is 0 Å². The molecule has 0 radical (unpaired) electrons. The monoisotopic (exact) mass is 271 g/mol. The smallest absolute Gasteiger partial charge is 0.0746 e. The molecule has 76 valence electrons. The fourth-order valence-corrected chi connectivity index (χ4v) is 2.64. The van der Waals surface area contributed by atoms with Crippen LogP contribution in [0.2, 0.25) is 0 Å². The first-order valence-corrected chi connectivity index (χ1v) is 6.06. The van der Waals surface area contributed by atoms with Crippen LogP contribution in [-0.4, -0.2) is 5.54 Å². The number of hydrogen-bond acceptors (Lipinski definition) is 2. The highest BCUT2D eigenvalue weighted by molar-refractivity contribution is 9.11. The van der Waals surface area contributed by atoms with Crippen molar-refractivity contribution in [1.29, 1.82) is 0 Å². The van der Waals surface area contributed by atoms with Crippen LogP contribution in [0.3, 0.4) is 0 Å². The van der Waals surface area contributed by atoms with Crippen molar-refractivity contribution in [3.05, 3.63) is 20.8 Å². The summed E-state index contributed by atoms with van der Waals surface area (Å²) >= 11 is 5.18. The normalized spacial score (nSPS) is 13.6. The predicted molar refractivity (Wildman–Crippen MR) is 66.5 cm³/mol. The first kappa shape index (κ1) is 11.8. The molecule has 1 heterocycles. The Balaban J connectivity index is 2.69. The number of nitrogens with one attached hydrogen (secondary N) is 1. The van der Waals surface area contributed by atoms with Gasteiger partial charge in [0, 0.05) is 10.9 Å². The second-order valence-electron chi connectivity index (χ2n) is 3.78. The van der Waals surface area contributed by atoms with Gasteiger partial charge < -0.3 is 0 Å². The molecule has 0 aliphatic rings. The van der Waals surface area contributed by atoms with E-state index in [9.17, 15) is 0 Å². The standard InChI is InChI=1S/C11H14BrNS/c1-5-11(3,4)13-8(2)9-6-7-10(12)14-9/h1,6-8,13H,2-4H3. The van der Waals surface area contributed by atoms with E-state index in [1.807, 2.05) is 13.8 Å². The molecule has 0 aliphatic heterocycles. The van der Waals surface area contributed by atoms with Crippen LogP contribution in [0.15, 0.2) is 15.9 Å². The molecule has 0 bridgehead atoms. The molecular formula is C11H14BrNS. The van der Waals surface area contributed by atoms with Crippen molar-refractivity contribution in [2.75, 3.05) is 0 Å². The Labute approximate surface area is 98.0 Å². The summed E-state index contributed by atoms with van der Waals surface area (Å²) in [5.41, 5.74) is -0.254. The summed E-state index contributed by atoms with van der Waals surface area (Å²) in [5, 5.41) is 3.39. The lowest BCUT2D eigenvalue weighted by molar-refractivity contribution is 0.435. The lowest BCUT2D eigenvalue weighted by atomic mass is 10.1. The second-order valence-corrected chi connectivity index (χ2v) is 6.27. The zero-order valence-electron chi connectivity index (χ0n) is 8.60. The van der Waals surface area contributed by atoms with Crippen LogP contribution in [0.5, 0.6) is 0 Å². The third kappa shape index (κ3) is 3.13. The Morgan fingerprint density at radius 1 is 1.57 bits per heavy atom. The molecule has 1 rings (SSSR count). The maximum Gasteiger partial charge on any atom is 0.0746 e. The summed E-state index contributed by atoms with van der Waals surface area (Å²) in [6.45, 7) is 6.13. The molecule has 3 heteroatoms. The van der Waals surface area contributed by atoms with E-state index in [2.05, 4.69) is 46.2 Å². The highest BCUT2D eigenvalue weighted by Gasteiger charge is 2.18. The number of rotatable bonds is 3. The van der Waals surface area contributed by atoms with E-state index in [4.69, 9.17) is 6.42 Å². The van der Waals surface area contributed by atoms with E-state index >= 15 is 0 Å². The molecule has 0 fully saturated rings. The fourth-order valence-electron chi connectivity index (χ4n) is 1.22. The fraction of sp³-hybridized carbons (Fsp3) is 0.455. The van der Waals surface area contributed by atoms with Crippen LogP contribution in [0, 0.1) is 12.3 Å². The van der Waals surface area contributed by atoms with Crippen LogP contribution in [0.1, 0.15) is 31.7 Å². The molecule has 0 amide bonds. The molecule has 0 saturated heterocycles. The van der Waals surface area contributed by atoms with Gasteiger partial charge in [0.15, 0.2) is 0 Å². The van der Waals surface area contributed by atoms with Gasteiger partial charge in [0.05, 0.1) is 9.33 Å². The maximum atomic E-state index is 5.42. The van der Waals surface area contributed by atoms with E-state index in [-0.39, 0.29) is 11.6 Å². The molecule has 1 nitrogen and oxygen atoms in total. The quantitative estimate of drug-likeness (QED) is 0.829. The second kappa shape index (κ2) is 4.48. The van der Waals surface area contributed by atoms with Gasteiger partial charge in [0.25, 0.3) is 0 Å². The first-order chi connectivity index (χ1) is 6.44. The summed E-state index contributed by atoms with van der Waals surface area (Å²) < 4.78 is 1.15. The van der Waals surface area contributed by atoms with Gasteiger partial charge in [0.2, 0.25) is 0 Å². The Hall–Kier alpha value is -0.300. The maximum absolute atomic E-state index is 5.42. The summed E-state index contributed by atoms with van der Waals surface area (Å²) in [6.07, 6.45) is 5.42. The third-order valence-corrected chi connectivity index (χ3v) is 3.77. The van der Waals surface area contributed by atoms with Gasteiger partial charge in [-0.1, -0.05) is 5.92 Å². The molecule has 0 saturated carbocycles. The molecule has 14 heavy (non-hydrogen) atoms. The number of halogens is 1. The van der Waals surface area contributed by atoms with Crippen molar-refractivity contribution in [1.82, 2.24) is 5.32 Å². The lowest BCUT2D eigenvalue weighted by Crippen LogP contribution is -2.39. The molecular weight excluding hydrogens is 258 g/mol. The van der Waals surface area contributed by atoms with Crippen molar-refractivity contribution in [3.63, 3.8) is 0 Å². The minimum atomic E-state index is -0.254. The van der Waals surface area contributed by atoms with E-state index in [0.29, 0.717) is 0 Å². The molecule has 1 aromatic rings. The predicted octanol–water partition coefficient (Wildman–Crippen LogP) is 3.57. The largest absolute Gasteiger partial charge is 0.294 e. The van der Waals surface area contributed by atoms with Crippen molar-refractivity contribution in [2.24, 2.45) is 0 Å². The van der Waals surface area contributed by atoms with Gasteiger partial charge in [0.1, 0.15) is 0 Å². The zero-order chi connectivity index (χ0) is 10.8. The third-order valence-electron chi connectivity index (χ3n) is 1.96. The Morgan fingerprint density at radius 2 is 2.21 bits per heavy atom. The minimum absolute atomic E-state index is 0.254. The summed E-state index contributed by atoms with van der Waals surface area (Å²) in [5.74, 6) is 2.73. The SMILES string of the molecule is C#CC(C)(C)NC(C)c1ccc(Br)s1. The van der Waals surface area contributed by atoms with Crippen LogP contribution in [0.4, 0.5) is 0 Å². The van der Waals surface area contributed by atoms with Crippen molar-refractivity contribution < 1.29 is 0 Å². The molecule has 1 unspecified atom stereocenters. The highest BCUT2D eigenvalue weighted by Crippen LogP contribution is 2.28. The van der Waals surface area contributed by atoms with Gasteiger partial charge in [-0.05, 0) is 48.8 Å². The van der Waals surface area contributed by atoms with Crippen LogP contribution < -0.4 is 5.32 Å². The van der Waals surface area contributed by atoms with E-state index in [1.54, 1.807) is 11.3 Å². The van der Waals surface area contributed by atoms with Gasteiger partial charge in [-0.15, -0.1) is 17.8 Å². The number of terminal acetylenes is 1. The average molecular weight is 272 g/mol. The Bertz CT molecular complexity index is 348. The van der Waals surface area contributed by atoms with Crippen molar-refractivity contribution in [2.45, 2.75) is 32.4 Å².